The lowest BCUT2D eigenvalue weighted by molar-refractivity contribution is 0.160. The quantitative estimate of drug-likeness (QED) is 0.398. The van der Waals surface area contributed by atoms with Gasteiger partial charge in [0.05, 0.1) is 5.52 Å². The van der Waals surface area contributed by atoms with Crippen LogP contribution in [0.25, 0.3) is 10.9 Å². The summed E-state index contributed by atoms with van der Waals surface area (Å²) in [5.74, 6) is 3.33. The van der Waals surface area contributed by atoms with Crippen LogP contribution in [-0.2, 0) is 0 Å². The molecule has 2 heteroatoms. The number of hydrogen-bond donors (Lipinski definition) is 0. The SMILES string of the molecule is C=CC1=C(C(=C)CC2CCC(C3CCC(c4ccc(C)c5cccnc45)CC3)CC2)CC=CC=C1.F. The molecule has 0 amide bonds. The molecule has 1 aromatic carbocycles. The Morgan fingerprint density at radius 2 is 1.69 bits per heavy atom. The smallest absolute Gasteiger partial charge is 0.0739 e. The fourth-order valence-corrected chi connectivity index (χ4v) is 7.09. The molecule has 1 heterocycles. The van der Waals surface area contributed by atoms with Crippen molar-refractivity contribution in [2.75, 3.05) is 0 Å². The highest BCUT2D eigenvalue weighted by atomic mass is 19.0. The molecule has 1 nitrogen and oxygen atoms in total. The molecule has 36 heavy (non-hydrogen) atoms. The van der Waals surface area contributed by atoms with E-state index < -0.39 is 0 Å². The summed E-state index contributed by atoms with van der Waals surface area (Å²) in [6.07, 6.45) is 25.8. The van der Waals surface area contributed by atoms with Gasteiger partial charge < -0.3 is 0 Å². The molecule has 0 radical (unpaired) electrons. The van der Waals surface area contributed by atoms with Crippen LogP contribution in [0.1, 0.15) is 81.3 Å². The van der Waals surface area contributed by atoms with E-state index in [9.17, 15) is 0 Å². The highest BCUT2D eigenvalue weighted by Crippen LogP contribution is 2.46. The van der Waals surface area contributed by atoms with Gasteiger partial charge in [0, 0.05) is 11.6 Å². The Labute approximate surface area is 217 Å². The van der Waals surface area contributed by atoms with Crippen molar-refractivity contribution in [2.24, 2.45) is 17.8 Å². The van der Waals surface area contributed by atoms with Crippen LogP contribution in [0.5, 0.6) is 0 Å². The number of pyridine rings is 1. The van der Waals surface area contributed by atoms with Gasteiger partial charge in [-0.2, -0.15) is 0 Å². The molecule has 3 aliphatic carbocycles. The van der Waals surface area contributed by atoms with Crippen molar-refractivity contribution in [3.63, 3.8) is 0 Å². The normalized spacial score (nSPS) is 26.4. The van der Waals surface area contributed by atoms with E-state index >= 15 is 0 Å². The molecule has 0 aliphatic heterocycles. The minimum absolute atomic E-state index is 0. The molecule has 190 valence electrons. The lowest BCUT2D eigenvalue weighted by Gasteiger charge is -2.38. The Morgan fingerprint density at radius 1 is 0.972 bits per heavy atom. The number of rotatable bonds is 6. The summed E-state index contributed by atoms with van der Waals surface area (Å²) in [5, 5.41) is 1.33. The van der Waals surface area contributed by atoms with Gasteiger partial charge in [-0.25, -0.2) is 0 Å². The molecule has 3 aliphatic rings. The average molecular weight is 484 g/mol. The van der Waals surface area contributed by atoms with Crippen molar-refractivity contribution in [1.82, 2.24) is 4.98 Å². The van der Waals surface area contributed by atoms with Gasteiger partial charge in [0.1, 0.15) is 0 Å². The summed E-state index contributed by atoms with van der Waals surface area (Å²) in [6, 6.07) is 8.97. The second kappa shape index (κ2) is 12.0. The first kappa shape index (κ1) is 26.3. The fourth-order valence-electron chi connectivity index (χ4n) is 7.09. The molecule has 0 unspecified atom stereocenters. The Hall–Kier alpha value is -2.74. The van der Waals surface area contributed by atoms with Crippen LogP contribution in [-0.4, -0.2) is 4.98 Å². The first-order valence-electron chi connectivity index (χ1n) is 13.8. The van der Waals surface area contributed by atoms with E-state index in [2.05, 4.69) is 68.7 Å². The average Bonchev–Trinajstić information content (AvgIpc) is 3.15. The third-order valence-electron chi connectivity index (χ3n) is 9.16. The van der Waals surface area contributed by atoms with Crippen LogP contribution < -0.4 is 0 Å². The molecular weight excluding hydrogens is 441 g/mol. The highest BCUT2D eigenvalue weighted by Gasteiger charge is 2.32. The third-order valence-corrected chi connectivity index (χ3v) is 9.16. The number of aromatic nitrogens is 1. The van der Waals surface area contributed by atoms with Crippen molar-refractivity contribution in [1.29, 1.82) is 0 Å². The van der Waals surface area contributed by atoms with E-state index in [1.54, 1.807) is 0 Å². The first-order valence-corrected chi connectivity index (χ1v) is 13.8. The molecule has 0 saturated heterocycles. The molecule has 2 saturated carbocycles. The summed E-state index contributed by atoms with van der Waals surface area (Å²) in [4.78, 5) is 4.78. The molecule has 2 fully saturated rings. The number of hydrogen-bond acceptors (Lipinski definition) is 1. The van der Waals surface area contributed by atoms with Crippen molar-refractivity contribution in [3.8, 4) is 0 Å². The number of nitrogens with zero attached hydrogens (tertiary/aromatic N) is 1. The summed E-state index contributed by atoms with van der Waals surface area (Å²) in [7, 11) is 0. The van der Waals surface area contributed by atoms with E-state index in [1.807, 2.05) is 12.3 Å². The lowest BCUT2D eigenvalue weighted by Crippen LogP contribution is -2.25. The number of halogens is 1. The van der Waals surface area contributed by atoms with Gasteiger partial charge in [-0.05, 0) is 123 Å². The maximum Gasteiger partial charge on any atom is 0.0739 e. The first-order chi connectivity index (χ1) is 17.1. The minimum Gasteiger partial charge on any atom is -0.269 e. The van der Waals surface area contributed by atoms with Crippen molar-refractivity contribution >= 4 is 10.9 Å². The van der Waals surface area contributed by atoms with Gasteiger partial charge in [-0.15, -0.1) is 0 Å². The predicted molar refractivity (Wildman–Crippen MR) is 153 cm³/mol. The third kappa shape index (κ3) is 5.64. The molecule has 2 aromatic rings. The Balaban J connectivity index is 0.00000304. The summed E-state index contributed by atoms with van der Waals surface area (Å²) < 4.78 is 0. The van der Waals surface area contributed by atoms with Crippen molar-refractivity contribution < 1.29 is 4.70 Å². The monoisotopic (exact) mass is 483 g/mol. The van der Waals surface area contributed by atoms with E-state index in [-0.39, 0.29) is 4.70 Å². The van der Waals surface area contributed by atoms with E-state index in [0.717, 1.165) is 30.6 Å². The van der Waals surface area contributed by atoms with Crippen LogP contribution in [0.3, 0.4) is 0 Å². The standard InChI is InChI=1S/C34H41N.FH/c1-4-27-9-6-5-7-10-31(27)25(3)23-26-13-15-28(16-14-26)29-17-19-30(20-18-29)33-21-12-24(2)32-11-8-22-35-34(32)33;/h4-9,11-12,21-22,26,28-30H,1,3,10,13-20,23H2,2H3;1H. The number of fused-ring (bicyclic) bond motifs is 1. The van der Waals surface area contributed by atoms with Gasteiger partial charge in [-0.3, -0.25) is 9.69 Å². The molecule has 0 N–H and O–H groups in total. The minimum atomic E-state index is 0. The number of benzene rings is 1. The van der Waals surface area contributed by atoms with Crippen molar-refractivity contribution in [2.45, 2.75) is 77.0 Å². The van der Waals surface area contributed by atoms with Gasteiger partial charge >= 0.3 is 0 Å². The Morgan fingerprint density at radius 3 is 2.42 bits per heavy atom. The molecule has 1 aromatic heterocycles. The zero-order chi connectivity index (χ0) is 24.2. The Kier molecular flexibility index (Phi) is 8.77. The maximum absolute atomic E-state index is 4.78. The van der Waals surface area contributed by atoms with Gasteiger partial charge in [-0.1, -0.05) is 67.3 Å². The predicted octanol–water partition coefficient (Wildman–Crippen LogP) is 9.72. The highest BCUT2D eigenvalue weighted by molar-refractivity contribution is 5.85. The second-order valence-corrected chi connectivity index (χ2v) is 11.2. The number of allylic oxidation sites excluding steroid dienone is 8. The molecule has 0 bridgehead atoms. The van der Waals surface area contributed by atoms with Gasteiger partial charge in [0.15, 0.2) is 0 Å². The molecule has 0 spiro atoms. The largest absolute Gasteiger partial charge is 0.269 e. The zero-order valence-electron chi connectivity index (χ0n) is 21.9. The molecular formula is C34H42FN. The summed E-state index contributed by atoms with van der Waals surface area (Å²) in [5.41, 5.74) is 8.05. The van der Waals surface area contributed by atoms with Crippen LogP contribution in [0.2, 0.25) is 0 Å². The van der Waals surface area contributed by atoms with E-state index in [1.165, 1.54) is 90.1 Å². The lowest BCUT2D eigenvalue weighted by atomic mass is 9.67. The van der Waals surface area contributed by atoms with Crippen molar-refractivity contribution in [3.05, 3.63) is 102 Å². The van der Waals surface area contributed by atoms with Crippen LogP contribution in [0.15, 0.2) is 90.7 Å². The number of aryl methyl sites for hydroxylation is 1. The fraction of sp³-hybridized carbons (Fsp3) is 0.441. The maximum atomic E-state index is 4.78. The van der Waals surface area contributed by atoms with Crippen LogP contribution in [0, 0.1) is 24.7 Å². The van der Waals surface area contributed by atoms with Crippen LogP contribution in [0.4, 0.5) is 4.70 Å². The summed E-state index contributed by atoms with van der Waals surface area (Å²) in [6.45, 7) is 10.7. The topological polar surface area (TPSA) is 12.9 Å². The molecule has 5 rings (SSSR count). The second-order valence-electron chi connectivity index (χ2n) is 11.2. The summed E-state index contributed by atoms with van der Waals surface area (Å²) >= 11 is 0. The zero-order valence-corrected chi connectivity index (χ0v) is 21.9. The van der Waals surface area contributed by atoms with E-state index in [0.29, 0.717) is 5.92 Å². The van der Waals surface area contributed by atoms with Gasteiger partial charge in [0.2, 0.25) is 0 Å². The Bertz CT molecular complexity index is 1170. The van der Waals surface area contributed by atoms with Crippen LogP contribution >= 0.6 is 0 Å². The van der Waals surface area contributed by atoms with Gasteiger partial charge in [0.25, 0.3) is 0 Å². The molecule has 0 atom stereocenters. The van der Waals surface area contributed by atoms with E-state index in [4.69, 9.17) is 4.98 Å².